The van der Waals surface area contributed by atoms with Gasteiger partial charge in [-0.2, -0.15) is 0 Å². The van der Waals surface area contributed by atoms with Crippen molar-refractivity contribution in [2.75, 3.05) is 6.54 Å². The summed E-state index contributed by atoms with van der Waals surface area (Å²) in [6.45, 7) is -0.197. The number of primary amides is 1. The van der Waals surface area contributed by atoms with Crippen molar-refractivity contribution >= 4 is 5.91 Å². The van der Waals surface area contributed by atoms with Crippen molar-refractivity contribution in [3.63, 3.8) is 0 Å². The first kappa shape index (κ1) is 12.1. The first-order chi connectivity index (χ1) is 7.50. The van der Waals surface area contributed by atoms with Gasteiger partial charge in [0.2, 0.25) is 12.5 Å². The van der Waals surface area contributed by atoms with E-state index in [-0.39, 0.29) is 24.9 Å². The fraction of sp³-hybridized carbons (Fsp3) is 0.300. The number of nitro groups is 1. The average Bonchev–Trinajstić information content (AvgIpc) is 2.19. The van der Waals surface area contributed by atoms with Crippen molar-refractivity contribution in [3.05, 3.63) is 45.3 Å². The summed E-state index contributed by atoms with van der Waals surface area (Å²) in [5.74, 6) is -1.25. The quantitative estimate of drug-likeness (QED) is 0.603. The zero-order chi connectivity index (χ0) is 12.1. The smallest absolute Gasteiger partial charge is 0.248 e. The maximum Gasteiger partial charge on any atom is 0.248 e. The number of halogens is 1. The number of nitrogens with two attached hydrogens (primary N) is 1. The molecule has 1 aromatic carbocycles. The van der Waals surface area contributed by atoms with Gasteiger partial charge in [0.15, 0.2) is 0 Å². The summed E-state index contributed by atoms with van der Waals surface area (Å²) < 4.78 is 13.4. The van der Waals surface area contributed by atoms with Gasteiger partial charge in [-0.15, -0.1) is 0 Å². The van der Waals surface area contributed by atoms with Crippen LogP contribution < -0.4 is 5.73 Å². The summed E-state index contributed by atoms with van der Waals surface area (Å²) in [6, 6.07) is 3.88. The Morgan fingerprint density at radius 2 is 2.19 bits per heavy atom. The molecule has 2 N–H and O–H groups in total. The highest BCUT2D eigenvalue weighted by molar-refractivity contribution is 5.92. The highest BCUT2D eigenvalue weighted by atomic mass is 19.1. The van der Waals surface area contributed by atoms with Crippen LogP contribution in [0.5, 0.6) is 0 Å². The Bertz CT molecular complexity index is 421. The van der Waals surface area contributed by atoms with Crippen LogP contribution in [0, 0.1) is 15.9 Å². The van der Waals surface area contributed by atoms with Crippen LogP contribution in [0.25, 0.3) is 0 Å². The summed E-state index contributed by atoms with van der Waals surface area (Å²) >= 11 is 0. The van der Waals surface area contributed by atoms with Crippen LogP contribution in [0.4, 0.5) is 4.39 Å². The lowest BCUT2D eigenvalue weighted by molar-refractivity contribution is -0.480. The lowest BCUT2D eigenvalue weighted by Gasteiger charge is -2.02. The Morgan fingerprint density at radius 1 is 1.50 bits per heavy atom. The van der Waals surface area contributed by atoms with Gasteiger partial charge in [0.1, 0.15) is 5.82 Å². The van der Waals surface area contributed by atoms with Gasteiger partial charge < -0.3 is 5.73 Å². The zero-order valence-electron chi connectivity index (χ0n) is 8.48. The molecule has 0 atom stereocenters. The van der Waals surface area contributed by atoms with Crippen LogP contribution in [0.2, 0.25) is 0 Å². The molecule has 1 aromatic rings. The minimum absolute atomic E-state index is 0.0931. The number of hydrogen-bond acceptors (Lipinski definition) is 3. The van der Waals surface area contributed by atoms with Crippen LogP contribution in [0.3, 0.4) is 0 Å². The molecule has 0 fully saturated rings. The van der Waals surface area contributed by atoms with Gasteiger partial charge in [-0.3, -0.25) is 14.9 Å². The van der Waals surface area contributed by atoms with Crippen molar-refractivity contribution in [2.24, 2.45) is 5.73 Å². The molecule has 6 heteroatoms. The highest BCUT2D eigenvalue weighted by Crippen LogP contribution is 2.12. The number of carbonyl (C=O) groups is 1. The van der Waals surface area contributed by atoms with Crippen molar-refractivity contribution in [3.8, 4) is 0 Å². The number of nitrogens with zero attached hydrogens (tertiary/aromatic N) is 1. The van der Waals surface area contributed by atoms with Crippen LogP contribution >= 0.6 is 0 Å². The Morgan fingerprint density at radius 3 is 2.69 bits per heavy atom. The van der Waals surface area contributed by atoms with E-state index in [0.29, 0.717) is 5.56 Å². The SMILES string of the molecule is NC(=O)c1ccc(CCC[N+](=O)[O-])c(F)c1. The molecule has 0 aromatic heterocycles. The number of amides is 1. The van der Waals surface area contributed by atoms with Gasteiger partial charge >= 0.3 is 0 Å². The van der Waals surface area contributed by atoms with Gasteiger partial charge in [-0.1, -0.05) is 6.07 Å². The average molecular weight is 226 g/mol. The molecule has 0 aliphatic carbocycles. The standard InChI is InChI=1S/C10H11FN2O3/c11-9-6-8(10(12)14)4-3-7(9)2-1-5-13(15)16/h3-4,6H,1-2,5H2,(H2,12,14). The molecule has 86 valence electrons. The Hall–Kier alpha value is -1.98. The molecule has 0 spiro atoms. The molecular weight excluding hydrogens is 215 g/mol. The Labute approximate surface area is 91.2 Å². The van der Waals surface area contributed by atoms with Crippen LogP contribution in [0.15, 0.2) is 18.2 Å². The molecule has 0 aliphatic rings. The summed E-state index contributed by atoms with van der Waals surface area (Å²) in [5, 5.41) is 10.1. The number of benzene rings is 1. The third-order valence-electron chi connectivity index (χ3n) is 2.12. The summed E-state index contributed by atoms with van der Waals surface area (Å²) in [7, 11) is 0. The normalized spacial score (nSPS) is 10.1. The minimum Gasteiger partial charge on any atom is -0.366 e. The summed E-state index contributed by atoms with van der Waals surface area (Å²) in [5.41, 5.74) is 5.42. The largest absolute Gasteiger partial charge is 0.366 e. The van der Waals surface area contributed by atoms with Crippen LogP contribution in [-0.4, -0.2) is 17.4 Å². The minimum atomic E-state index is -0.698. The second-order valence-corrected chi connectivity index (χ2v) is 3.33. The van der Waals surface area contributed by atoms with E-state index in [4.69, 9.17) is 5.73 Å². The predicted molar refractivity (Wildman–Crippen MR) is 55.1 cm³/mol. The van der Waals surface area contributed by atoms with E-state index in [9.17, 15) is 19.3 Å². The second kappa shape index (κ2) is 5.20. The van der Waals surface area contributed by atoms with Gasteiger partial charge in [0, 0.05) is 16.9 Å². The molecule has 5 nitrogen and oxygen atoms in total. The van der Waals surface area contributed by atoms with E-state index in [2.05, 4.69) is 0 Å². The van der Waals surface area contributed by atoms with Gasteiger partial charge in [-0.25, -0.2) is 4.39 Å². The van der Waals surface area contributed by atoms with E-state index in [1.54, 1.807) is 0 Å². The van der Waals surface area contributed by atoms with Crippen LogP contribution in [-0.2, 0) is 6.42 Å². The maximum atomic E-state index is 13.4. The number of carbonyl (C=O) groups excluding carboxylic acids is 1. The summed E-state index contributed by atoms with van der Waals surface area (Å²) in [6.07, 6.45) is 0.533. The third-order valence-corrected chi connectivity index (χ3v) is 2.12. The highest BCUT2D eigenvalue weighted by Gasteiger charge is 2.07. The molecule has 0 heterocycles. The van der Waals surface area contributed by atoms with E-state index in [1.807, 2.05) is 0 Å². The fourth-order valence-electron chi connectivity index (χ4n) is 1.30. The lowest BCUT2D eigenvalue weighted by Crippen LogP contribution is -2.11. The molecule has 0 radical (unpaired) electrons. The molecule has 0 saturated carbocycles. The van der Waals surface area contributed by atoms with Crippen molar-refractivity contribution < 1.29 is 14.1 Å². The maximum absolute atomic E-state index is 13.4. The zero-order valence-corrected chi connectivity index (χ0v) is 8.48. The molecule has 1 rings (SSSR count). The Balaban J connectivity index is 2.68. The van der Waals surface area contributed by atoms with E-state index < -0.39 is 16.6 Å². The first-order valence-electron chi connectivity index (χ1n) is 4.70. The predicted octanol–water partition coefficient (Wildman–Crippen LogP) is 1.13. The van der Waals surface area contributed by atoms with E-state index in [0.717, 1.165) is 6.07 Å². The monoisotopic (exact) mass is 226 g/mol. The lowest BCUT2D eigenvalue weighted by atomic mass is 10.1. The van der Waals surface area contributed by atoms with Crippen LogP contribution in [0.1, 0.15) is 22.3 Å². The molecule has 16 heavy (non-hydrogen) atoms. The van der Waals surface area contributed by atoms with Gasteiger partial charge in [-0.05, 0) is 24.1 Å². The third kappa shape index (κ3) is 3.30. The molecule has 1 amide bonds. The first-order valence-corrected chi connectivity index (χ1v) is 4.70. The number of aryl methyl sites for hydroxylation is 1. The topological polar surface area (TPSA) is 86.2 Å². The van der Waals surface area contributed by atoms with Gasteiger partial charge in [0.05, 0.1) is 0 Å². The molecule has 0 unspecified atom stereocenters. The molecular formula is C10H11FN2O3. The number of rotatable bonds is 5. The fourth-order valence-corrected chi connectivity index (χ4v) is 1.30. The van der Waals surface area contributed by atoms with E-state index >= 15 is 0 Å². The van der Waals surface area contributed by atoms with Crippen molar-refractivity contribution in [2.45, 2.75) is 12.8 Å². The molecule has 0 aliphatic heterocycles. The van der Waals surface area contributed by atoms with Gasteiger partial charge in [0.25, 0.3) is 0 Å². The molecule has 0 saturated heterocycles. The van der Waals surface area contributed by atoms with E-state index in [1.165, 1.54) is 12.1 Å². The Kier molecular flexibility index (Phi) is 3.93. The molecule has 0 bridgehead atoms. The summed E-state index contributed by atoms with van der Waals surface area (Å²) in [4.78, 5) is 20.4. The number of hydrogen-bond donors (Lipinski definition) is 1. The van der Waals surface area contributed by atoms with Crippen molar-refractivity contribution in [1.82, 2.24) is 0 Å². The van der Waals surface area contributed by atoms with Crippen molar-refractivity contribution in [1.29, 1.82) is 0 Å². The second-order valence-electron chi connectivity index (χ2n) is 3.33.